The lowest BCUT2D eigenvalue weighted by atomic mass is 10.2. The molecule has 0 aliphatic carbocycles. The summed E-state index contributed by atoms with van der Waals surface area (Å²) in [6, 6.07) is 6.70. The lowest BCUT2D eigenvalue weighted by Gasteiger charge is -2.02. The molecule has 0 fully saturated rings. The monoisotopic (exact) mass is 168 g/mol. The first kappa shape index (κ1) is 8.30. The van der Waals surface area contributed by atoms with Crippen molar-refractivity contribution in [1.29, 1.82) is 0 Å². The first-order chi connectivity index (χ1) is 5.24. The smallest absolute Gasteiger partial charge is 0.152 e. The van der Waals surface area contributed by atoms with Crippen LogP contribution in [-0.2, 0) is 11.2 Å². The molecule has 1 atom stereocenters. The molecule has 1 aromatic rings. The van der Waals surface area contributed by atoms with Crippen molar-refractivity contribution in [3.63, 3.8) is 0 Å². The normalized spacial score (nSPS) is 12.5. The molecule has 0 amide bonds. The fourth-order valence-corrected chi connectivity index (χ4v) is 1.26. The van der Waals surface area contributed by atoms with Gasteiger partial charge in [0.15, 0.2) is 4.90 Å². The van der Waals surface area contributed by atoms with E-state index in [1.807, 2.05) is 0 Å². The number of benzene rings is 1. The summed E-state index contributed by atoms with van der Waals surface area (Å²) in [7, 11) is 0. The van der Waals surface area contributed by atoms with Gasteiger partial charge in [-0.1, -0.05) is 0 Å². The van der Waals surface area contributed by atoms with E-state index in [2.05, 4.69) is 0 Å². The summed E-state index contributed by atoms with van der Waals surface area (Å²) in [5, 5.41) is 0. The van der Waals surface area contributed by atoms with Crippen molar-refractivity contribution >= 4 is 17.5 Å². The average molecular weight is 168 g/mol. The molecule has 0 heterocycles. The SMILES string of the molecule is C[S+]([O-])c1ccc(C=O)cc1. The standard InChI is InChI=1S/C8H8O2S/c1-11(10)8-4-2-7(6-9)3-5-8/h2-6H,1H3. The van der Waals surface area contributed by atoms with E-state index in [1.165, 1.54) is 0 Å². The lowest BCUT2D eigenvalue weighted by Crippen LogP contribution is -1.96. The van der Waals surface area contributed by atoms with E-state index in [9.17, 15) is 9.35 Å². The van der Waals surface area contributed by atoms with Crippen LogP contribution in [0.2, 0.25) is 0 Å². The number of aldehydes is 1. The molecule has 0 radical (unpaired) electrons. The van der Waals surface area contributed by atoms with E-state index in [4.69, 9.17) is 0 Å². The zero-order valence-corrected chi connectivity index (χ0v) is 6.93. The Hall–Kier alpha value is -0.800. The maximum Gasteiger partial charge on any atom is 0.152 e. The van der Waals surface area contributed by atoms with E-state index in [0.29, 0.717) is 5.56 Å². The van der Waals surface area contributed by atoms with Crippen LogP contribution in [0.4, 0.5) is 0 Å². The van der Waals surface area contributed by atoms with Crippen LogP contribution in [0.5, 0.6) is 0 Å². The molecule has 0 bridgehead atoms. The predicted octanol–water partition coefficient (Wildman–Crippen LogP) is 1.24. The van der Waals surface area contributed by atoms with Crippen molar-refractivity contribution in [2.75, 3.05) is 6.26 Å². The molecular formula is C8H8O2S. The maximum atomic E-state index is 10.9. The summed E-state index contributed by atoms with van der Waals surface area (Å²) in [4.78, 5) is 11.0. The van der Waals surface area contributed by atoms with Crippen molar-refractivity contribution in [1.82, 2.24) is 0 Å². The Bertz CT molecular complexity index is 241. The number of rotatable bonds is 2. The van der Waals surface area contributed by atoms with Gasteiger partial charge in [-0.25, -0.2) is 0 Å². The molecule has 0 aliphatic rings. The second-order valence-corrected chi connectivity index (χ2v) is 3.52. The molecule has 0 aromatic heterocycles. The van der Waals surface area contributed by atoms with Crippen LogP contribution < -0.4 is 0 Å². The second kappa shape index (κ2) is 3.55. The van der Waals surface area contributed by atoms with E-state index in [0.717, 1.165) is 11.2 Å². The molecule has 0 N–H and O–H groups in total. The highest BCUT2D eigenvalue weighted by atomic mass is 32.2. The van der Waals surface area contributed by atoms with Crippen molar-refractivity contribution in [3.8, 4) is 0 Å². The van der Waals surface area contributed by atoms with Crippen molar-refractivity contribution in [3.05, 3.63) is 29.8 Å². The molecule has 0 saturated carbocycles. The van der Waals surface area contributed by atoms with Gasteiger partial charge in [0.25, 0.3) is 0 Å². The highest BCUT2D eigenvalue weighted by Gasteiger charge is 2.01. The van der Waals surface area contributed by atoms with Gasteiger partial charge in [0.1, 0.15) is 12.5 Å². The van der Waals surface area contributed by atoms with E-state index in [-0.39, 0.29) is 0 Å². The third-order valence-electron chi connectivity index (χ3n) is 1.35. The minimum atomic E-state index is -0.955. The minimum absolute atomic E-state index is 0.610. The second-order valence-electron chi connectivity index (χ2n) is 2.14. The quantitative estimate of drug-likeness (QED) is 0.492. The highest BCUT2D eigenvalue weighted by Crippen LogP contribution is 2.08. The fraction of sp³-hybridized carbons (Fsp3) is 0.125. The molecule has 58 valence electrons. The van der Waals surface area contributed by atoms with Crippen LogP contribution in [0, 0.1) is 0 Å². The summed E-state index contributed by atoms with van der Waals surface area (Å²) in [5.41, 5.74) is 0.610. The summed E-state index contributed by atoms with van der Waals surface area (Å²) in [6.07, 6.45) is 2.37. The Morgan fingerprint density at radius 2 is 1.91 bits per heavy atom. The summed E-state index contributed by atoms with van der Waals surface area (Å²) < 4.78 is 10.9. The molecule has 2 nitrogen and oxygen atoms in total. The van der Waals surface area contributed by atoms with Gasteiger partial charge in [0, 0.05) is 5.56 Å². The largest absolute Gasteiger partial charge is 0.612 e. The van der Waals surface area contributed by atoms with Gasteiger partial charge < -0.3 is 4.55 Å². The van der Waals surface area contributed by atoms with Gasteiger partial charge in [0.2, 0.25) is 0 Å². The third kappa shape index (κ3) is 2.06. The molecule has 1 rings (SSSR count). The van der Waals surface area contributed by atoms with Crippen LogP contribution in [0.15, 0.2) is 29.2 Å². The van der Waals surface area contributed by atoms with Crippen molar-refractivity contribution < 1.29 is 9.35 Å². The first-order valence-electron chi connectivity index (χ1n) is 3.12. The topological polar surface area (TPSA) is 40.1 Å². The van der Waals surface area contributed by atoms with Gasteiger partial charge in [0.05, 0.1) is 0 Å². The molecule has 0 aliphatic heterocycles. The first-order valence-corrected chi connectivity index (χ1v) is 4.68. The Morgan fingerprint density at radius 3 is 2.27 bits per heavy atom. The van der Waals surface area contributed by atoms with Crippen LogP contribution in [0.25, 0.3) is 0 Å². The molecular weight excluding hydrogens is 160 g/mol. The minimum Gasteiger partial charge on any atom is -0.612 e. The van der Waals surface area contributed by atoms with Crippen LogP contribution in [0.3, 0.4) is 0 Å². The van der Waals surface area contributed by atoms with Crippen LogP contribution in [-0.4, -0.2) is 17.1 Å². The van der Waals surface area contributed by atoms with E-state index in [1.54, 1.807) is 30.5 Å². The van der Waals surface area contributed by atoms with Gasteiger partial charge in [-0.3, -0.25) is 4.79 Å². The number of carbonyl (C=O) groups excluding carboxylic acids is 1. The Balaban J connectivity index is 2.91. The van der Waals surface area contributed by atoms with Gasteiger partial charge in [-0.15, -0.1) is 0 Å². The summed E-state index contributed by atoms with van der Waals surface area (Å²) >= 11 is -0.955. The third-order valence-corrected chi connectivity index (χ3v) is 2.28. The summed E-state index contributed by atoms with van der Waals surface area (Å²) in [5.74, 6) is 0. The predicted molar refractivity (Wildman–Crippen MR) is 44.2 cm³/mol. The Labute approximate surface area is 68.4 Å². The molecule has 3 heteroatoms. The molecule has 1 aromatic carbocycles. The zero-order chi connectivity index (χ0) is 8.27. The van der Waals surface area contributed by atoms with Crippen LogP contribution in [0.1, 0.15) is 10.4 Å². The highest BCUT2D eigenvalue weighted by molar-refractivity contribution is 7.90. The van der Waals surface area contributed by atoms with E-state index >= 15 is 0 Å². The van der Waals surface area contributed by atoms with Gasteiger partial charge >= 0.3 is 0 Å². The molecule has 0 saturated heterocycles. The molecule has 1 unspecified atom stereocenters. The molecule has 0 spiro atoms. The number of carbonyl (C=O) groups is 1. The van der Waals surface area contributed by atoms with Crippen molar-refractivity contribution in [2.24, 2.45) is 0 Å². The van der Waals surface area contributed by atoms with Gasteiger partial charge in [-0.2, -0.15) is 0 Å². The fourth-order valence-electron chi connectivity index (χ4n) is 0.738. The molecule has 11 heavy (non-hydrogen) atoms. The maximum absolute atomic E-state index is 10.9. The van der Waals surface area contributed by atoms with Gasteiger partial charge in [-0.05, 0) is 35.4 Å². The average Bonchev–Trinajstić information content (AvgIpc) is 2.05. The number of hydrogen-bond donors (Lipinski definition) is 0. The Kier molecular flexibility index (Phi) is 2.68. The van der Waals surface area contributed by atoms with Crippen LogP contribution >= 0.6 is 0 Å². The zero-order valence-electron chi connectivity index (χ0n) is 6.11. The lowest BCUT2D eigenvalue weighted by molar-refractivity contribution is 0.112. The van der Waals surface area contributed by atoms with Crippen molar-refractivity contribution in [2.45, 2.75) is 4.90 Å². The summed E-state index contributed by atoms with van der Waals surface area (Å²) in [6.45, 7) is 0. The number of hydrogen-bond acceptors (Lipinski definition) is 2. The Morgan fingerprint density at radius 1 is 1.36 bits per heavy atom. The van der Waals surface area contributed by atoms with E-state index < -0.39 is 11.2 Å².